The van der Waals surface area contributed by atoms with Gasteiger partial charge in [-0.15, -0.1) is 0 Å². The van der Waals surface area contributed by atoms with Crippen LogP contribution in [0.25, 0.3) is 0 Å². The number of hydrogen-bond acceptors (Lipinski definition) is 3. The van der Waals surface area contributed by atoms with E-state index in [2.05, 4.69) is 17.0 Å². The summed E-state index contributed by atoms with van der Waals surface area (Å²) in [5.41, 5.74) is 2.41. The maximum absolute atomic E-state index is 11.5. The minimum Gasteiger partial charge on any atom is -0.480 e. The molecule has 1 fully saturated rings. The van der Waals surface area contributed by atoms with Crippen LogP contribution in [0, 0.1) is 16.7 Å². The zero-order chi connectivity index (χ0) is 14.2. The Morgan fingerprint density at radius 3 is 2.70 bits per heavy atom. The van der Waals surface area contributed by atoms with Gasteiger partial charge in [-0.05, 0) is 35.8 Å². The van der Waals surface area contributed by atoms with Gasteiger partial charge in [-0.1, -0.05) is 24.3 Å². The van der Waals surface area contributed by atoms with Gasteiger partial charge in [0.2, 0.25) is 0 Å². The summed E-state index contributed by atoms with van der Waals surface area (Å²) in [5, 5.41) is 18.4. The van der Waals surface area contributed by atoms with Crippen LogP contribution in [0.2, 0.25) is 0 Å². The van der Waals surface area contributed by atoms with E-state index in [-0.39, 0.29) is 5.41 Å². The molecule has 20 heavy (non-hydrogen) atoms. The number of benzene rings is 1. The SMILES string of the molecule is N#CCC1(CN2Cc3ccccc3C[C@H]2C(=O)O)CC1. The van der Waals surface area contributed by atoms with Crippen molar-refractivity contribution in [2.24, 2.45) is 5.41 Å². The number of rotatable bonds is 4. The van der Waals surface area contributed by atoms with Crippen molar-refractivity contribution in [2.45, 2.75) is 38.3 Å². The average molecular weight is 270 g/mol. The maximum Gasteiger partial charge on any atom is 0.321 e. The molecule has 1 heterocycles. The van der Waals surface area contributed by atoms with Gasteiger partial charge in [-0.25, -0.2) is 0 Å². The summed E-state index contributed by atoms with van der Waals surface area (Å²) in [6, 6.07) is 9.85. The van der Waals surface area contributed by atoms with Gasteiger partial charge in [0.1, 0.15) is 6.04 Å². The molecule has 0 aromatic heterocycles. The van der Waals surface area contributed by atoms with Crippen LogP contribution in [0.15, 0.2) is 24.3 Å². The van der Waals surface area contributed by atoms with Gasteiger partial charge in [0.15, 0.2) is 0 Å². The van der Waals surface area contributed by atoms with Crippen LogP contribution in [-0.2, 0) is 17.8 Å². The third kappa shape index (κ3) is 2.41. The fraction of sp³-hybridized carbons (Fsp3) is 0.500. The first-order valence-electron chi connectivity index (χ1n) is 7.04. The fourth-order valence-electron chi connectivity index (χ4n) is 3.15. The van der Waals surface area contributed by atoms with Crippen LogP contribution < -0.4 is 0 Å². The highest BCUT2D eigenvalue weighted by atomic mass is 16.4. The molecule has 1 aromatic rings. The molecule has 2 aliphatic rings. The van der Waals surface area contributed by atoms with E-state index in [1.54, 1.807) is 0 Å². The first-order valence-corrected chi connectivity index (χ1v) is 7.04. The molecular formula is C16H18N2O2. The molecule has 4 heteroatoms. The van der Waals surface area contributed by atoms with E-state index >= 15 is 0 Å². The Morgan fingerprint density at radius 2 is 2.10 bits per heavy atom. The van der Waals surface area contributed by atoms with Gasteiger partial charge < -0.3 is 5.11 Å². The highest BCUT2D eigenvalue weighted by Crippen LogP contribution is 2.49. The van der Waals surface area contributed by atoms with Crippen LogP contribution in [0.3, 0.4) is 0 Å². The number of carboxylic acid groups (broad SMARTS) is 1. The summed E-state index contributed by atoms with van der Waals surface area (Å²) in [5.74, 6) is -0.757. The summed E-state index contributed by atoms with van der Waals surface area (Å²) in [6.45, 7) is 1.41. The third-order valence-corrected chi connectivity index (χ3v) is 4.58. The number of nitrogens with zero attached hydrogens (tertiary/aromatic N) is 2. The fourth-order valence-corrected chi connectivity index (χ4v) is 3.15. The smallest absolute Gasteiger partial charge is 0.321 e. The predicted molar refractivity (Wildman–Crippen MR) is 73.9 cm³/mol. The number of hydrogen-bond donors (Lipinski definition) is 1. The van der Waals surface area contributed by atoms with Gasteiger partial charge in [-0.2, -0.15) is 5.26 Å². The molecule has 0 amide bonds. The molecule has 1 atom stereocenters. The molecule has 3 rings (SSSR count). The van der Waals surface area contributed by atoms with Crippen molar-refractivity contribution in [2.75, 3.05) is 6.54 Å². The van der Waals surface area contributed by atoms with Crippen molar-refractivity contribution in [3.63, 3.8) is 0 Å². The number of nitriles is 1. The Morgan fingerprint density at radius 1 is 1.40 bits per heavy atom. The summed E-state index contributed by atoms with van der Waals surface area (Å²) < 4.78 is 0. The van der Waals surface area contributed by atoms with E-state index in [9.17, 15) is 9.90 Å². The zero-order valence-corrected chi connectivity index (χ0v) is 11.4. The average Bonchev–Trinajstić information content (AvgIpc) is 3.17. The van der Waals surface area contributed by atoms with Crippen molar-refractivity contribution in [1.29, 1.82) is 5.26 Å². The lowest BCUT2D eigenvalue weighted by molar-refractivity contribution is -0.144. The molecule has 1 aliphatic carbocycles. The van der Waals surface area contributed by atoms with E-state index in [1.807, 2.05) is 18.2 Å². The second-order valence-electron chi connectivity index (χ2n) is 6.07. The number of carboxylic acids is 1. The lowest BCUT2D eigenvalue weighted by Crippen LogP contribution is -2.47. The van der Waals surface area contributed by atoms with Crippen molar-refractivity contribution in [1.82, 2.24) is 4.90 Å². The van der Waals surface area contributed by atoms with Crippen LogP contribution in [0.1, 0.15) is 30.4 Å². The quantitative estimate of drug-likeness (QED) is 0.911. The van der Waals surface area contributed by atoms with Gasteiger partial charge in [-0.3, -0.25) is 9.69 Å². The Labute approximate surface area is 118 Å². The standard InChI is InChI=1S/C16H18N2O2/c17-8-7-16(5-6-16)11-18-10-13-4-2-1-3-12(13)9-14(18)15(19)20/h1-4,14H,5-7,9-11H2,(H,19,20)/t14-/m0/s1. The lowest BCUT2D eigenvalue weighted by atomic mass is 9.92. The molecule has 0 unspecified atom stereocenters. The predicted octanol–water partition coefficient (Wildman–Crippen LogP) is 2.19. The molecule has 1 aromatic carbocycles. The van der Waals surface area contributed by atoms with Crippen LogP contribution in [-0.4, -0.2) is 28.6 Å². The lowest BCUT2D eigenvalue weighted by Gasteiger charge is -2.36. The second kappa shape index (κ2) is 4.92. The van der Waals surface area contributed by atoms with E-state index in [0.717, 1.165) is 24.9 Å². The van der Waals surface area contributed by atoms with Crippen LogP contribution in [0.4, 0.5) is 0 Å². The van der Waals surface area contributed by atoms with E-state index in [0.29, 0.717) is 19.4 Å². The Bertz CT molecular complexity index is 572. The van der Waals surface area contributed by atoms with Crippen LogP contribution in [0.5, 0.6) is 0 Å². The number of fused-ring (bicyclic) bond motifs is 1. The van der Waals surface area contributed by atoms with Gasteiger partial charge >= 0.3 is 5.97 Å². The van der Waals surface area contributed by atoms with E-state index in [4.69, 9.17) is 5.26 Å². The molecule has 0 saturated heterocycles. The molecule has 1 saturated carbocycles. The van der Waals surface area contributed by atoms with Crippen LogP contribution >= 0.6 is 0 Å². The normalized spacial score (nSPS) is 23.6. The van der Waals surface area contributed by atoms with E-state index in [1.165, 1.54) is 5.56 Å². The van der Waals surface area contributed by atoms with Crippen molar-refractivity contribution >= 4 is 5.97 Å². The zero-order valence-electron chi connectivity index (χ0n) is 11.4. The largest absolute Gasteiger partial charge is 0.480 e. The molecule has 4 nitrogen and oxygen atoms in total. The maximum atomic E-state index is 11.5. The molecular weight excluding hydrogens is 252 g/mol. The van der Waals surface area contributed by atoms with Gasteiger partial charge in [0.25, 0.3) is 0 Å². The summed E-state index contributed by atoms with van der Waals surface area (Å²) in [7, 11) is 0. The highest BCUT2D eigenvalue weighted by molar-refractivity contribution is 5.74. The third-order valence-electron chi connectivity index (χ3n) is 4.58. The highest BCUT2D eigenvalue weighted by Gasteiger charge is 2.46. The first-order chi connectivity index (χ1) is 9.63. The Kier molecular flexibility index (Phi) is 3.23. The molecule has 0 bridgehead atoms. The minimum atomic E-state index is -0.757. The monoisotopic (exact) mass is 270 g/mol. The number of aliphatic carboxylic acids is 1. The summed E-state index contributed by atoms with van der Waals surface area (Å²) in [4.78, 5) is 13.6. The second-order valence-corrected chi connectivity index (χ2v) is 6.07. The Hall–Kier alpha value is -1.86. The van der Waals surface area contributed by atoms with Gasteiger partial charge in [0, 0.05) is 19.5 Å². The van der Waals surface area contributed by atoms with Crippen molar-refractivity contribution < 1.29 is 9.90 Å². The van der Waals surface area contributed by atoms with Crippen molar-refractivity contribution in [3.8, 4) is 6.07 Å². The van der Waals surface area contributed by atoms with Gasteiger partial charge in [0.05, 0.1) is 6.07 Å². The molecule has 0 radical (unpaired) electrons. The summed E-state index contributed by atoms with van der Waals surface area (Å²) in [6.07, 6.45) is 3.20. The van der Waals surface area contributed by atoms with Crippen molar-refractivity contribution in [3.05, 3.63) is 35.4 Å². The summed E-state index contributed by atoms with van der Waals surface area (Å²) >= 11 is 0. The number of carbonyl (C=O) groups is 1. The molecule has 1 N–H and O–H groups in total. The minimum absolute atomic E-state index is 0.0503. The molecule has 0 spiro atoms. The van der Waals surface area contributed by atoms with E-state index < -0.39 is 12.0 Å². The molecule has 104 valence electrons. The molecule has 1 aliphatic heterocycles. The first kappa shape index (κ1) is 13.1. The topological polar surface area (TPSA) is 64.3 Å². The Balaban J connectivity index is 1.82.